The molecule has 0 amide bonds. The van der Waals surface area contributed by atoms with E-state index in [2.05, 4.69) is 48.0 Å². The van der Waals surface area contributed by atoms with Crippen molar-refractivity contribution in [3.05, 3.63) is 57.3 Å². The topological polar surface area (TPSA) is 12.0 Å². The molecule has 0 fully saturated rings. The predicted octanol–water partition coefficient (Wildman–Crippen LogP) is 3.31. The smallest absolute Gasteiger partial charge is 0.0305 e. The summed E-state index contributed by atoms with van der Waals surface area (Å²) in [5, 5.41) is 5.86. The molecule has 1 N–H and O–H groups in total. The number of hydrogen-bond donors (Lipinski definition) is 1. The van der Waals surface area contributed by atoms with Crippen LogP contribution in [0.5, 0.6) is 0 Å². The molecule has 3 rings (SSSR count). The summed E-state index contributed by atoms with van der Waals surface area (Å²) in [7, 11) is 0. The highest BCUT2D eigenvalue weighted by Gasteiger charge is 2.20. The fourth-order valence-corrected chi connectivity index (χ4v) is 3.38. The van der Waals surface area contributed by atoms with Crippen molar-refractivity contribution in [2.45, 2.75) is 32.4 Å². The molecule has 1 aromatic carbocycles. The summed E-state index contributed by atoms with van der Waals surface area (Å²) < 4.78 is 0. The van der Waals surface area contributed by atoms with Gasteiger partial charge in [0.1, 0.15) is 0 Å². The first kappa shape index (κ1) is 11.0. The molecule has 1 nitrogen and oxygen atoms in total. The second-order valence-corrected chi connectivity index (χ2v) is 5.78. The fourth-order valence-electron chi connectivity index (χ4n) is 2.53. The lowest BCUT2D eigenvalue weighted by atomic mass is 10.1. The normalized spacial score (nSPS) is 15.1. The van der Waals surface area contributed by atoms with E-state index in [9.17, 15) is 0 Å². The van der Waals surface area contributed by atoms with Gasteiger partial charge < -0.3 is 5.32 Å². The SMILES string of the molecule is Cc1ccsc1CNC1Cc2ccccc2C1. The van der Waals surface area contributed by atoms with Gasteiger partial charge in [0.05, 0.1) is 0 Å². The minimum atomic E-state index is 0.619. The van der Waals surface area contributed by atoms with Crippen LogP contribution in [-0.2, 0) is 19.4 Å². The van der Waals surface area contributed by atoms with Crippen molar-refractivity contribution >= 4 is 11.3 Å². The van der Waals surface area contributed by atoms with E-state index in [1.165, 1.54) is 34.4 Å². The molecule has 88 valence electrons. The van der Waals surface area contributed by atoms with Gasteiger partial charge in [-0.05, 0) is 47.9 Å². The van der Waals surface area contributed by atoms with Crippen LogP contribution in [0, 0.1) is 6.92 Å². The van der Waals surface area contributed by atoms with Gasteiger partial charge in [0.2, 0.25) is 0 Å². The van der Waals surface area contributed by atoms with Gasteiger partial charge >= 0.3 is 0 Å². The quantitative estimate of drug-likeness (QED) is 0.872. The van der Waals surface area contributed by atoms with Crippen LogP contribution in [0.15, 0.2) is 35.7 Å². The van der Waals surface area contributed by atoms with Crippen LogP contribution in [0.1, 0.15) is 21.6 Å². The van der Waals surface area contributed by atoms with Gasteiger partial charge in [-0.1, -0.05) is 24.3 Å². The molecule has 2 heteroatoms. The molecule has 0 spiro atoms. The molecule has 0 bridgehead atoms. The van der Waals surface area contributed by atoms with Crippen molar-refractivity contribution in [1.82, 2.24) is 5.32 Å². The maximum Gasteiger partial charge on any atom is 0.0305 e. The zero-order chi connectivity index (χ0) is 11.7. The highest BCUT2D eigenvalue weighted by Crippen LogP contribution is 2.22. The van der Waals surface area contributed by atoms with E-state index in [-0.39, 0.29) is 0 Å². The average molecular weight is 243 g/mol. The van der Waals surface area contributed by atoms with Gasteiger partial charge in [0.25, 0.3) is 0 Å². The Morgan fingerprint density at radius 2 is 1.88 bits per heavy atom. The number of aryl methyl sites for hydroxylation is 1. The van der Waals surface area contributed by atoms with Gasteiger partial charge in [-0.2, -0.15) is 0 Å². The third-order valence-electron chi connectivity index (χ3n) is 3.57. The highest BCUT2D eigenvalue weighted by atomic mass is 32.1. The Bertz CT molecular complexity index is 490. The molecule has 2 aromatic rings. The third-order valence-corrected chi connectivity index (χ3v) is 4.59. The largest absolute Gasteiger partial charge is 0.308 e. The summed E-state index contributed by atoms with van der Waals surface area (Å²) in [6, 6.07) is 11.6. The standard InChI is InChI=1S/C15H17NS/c1-11-6-7-17-15(11)10-16-14-8-12-4-2-3-5-13(12)9-14/h2-7,14,16H,8-10H2,1H3. The summed E-state index contributed by atoms with van der Waals surface area (Å²) in [6.07, 6.45) is 2.36. The zero-order valence-electron chi connectivity index (χ0n) is 10.1. The Kier molecular flexibility index (Phi) is 3.00. The first-order valence-electron chi connectivity index (χ1n) is 6.16. The first-order valence-corrected chi connectivity index (χ1v) is 7.04. The summed E-state index contributed by atoms with van der Waals surface area (Å²) in [4.78, 5) is 1.47. The van der Waals surface area contributed by atoms with Crippen molar-refractivity contribution in [2.75, 3.05) is 0 Å². The van der Waals surface area contributed by atoms with Crippen LogP contribution in [0.25, 0.3) is 0 Å². The van der Waals surface area contributed by atoms with E-state index >= 15 is 0 Å². The molecule has 0 atom stereocenters. The van der Waals surface area contributed by atoms with Gasteiger partial charge in [0.15, 0.2) is 0 Å². The molecule has 0 unspecified atom stereocenters. The molecule has 17 heavy (non-hydrogen) atoms. The molecule has 0 radical (unpaired) electrons. The molecule has 1 aliphatic rings. The van der Waals surface area contributed by atoms with Crippen molar-refractivity contribution in [1.29, 1.82) is 0 Å². The molecular formula is C15H17NS. The van der Waals surface area contributed by atoms with Crippen LogP contribution in [0.2, 0.25) is 0 Å². The second kappa shape index (κ2) is 4.63. The molecule has 1 aliphatic carbocycles. The lowest BCUT2D eigenvalue weighted by Crippen LogP contribution is -2.28. The zero-order valence-corrected chi connectivity index (χ0v) is 10.9. The van der Waals surface area contributed by atoms with Gasteiger partial charge in [-0.15, -0.1) is 11.3 Å². The third kappa shape index (κ3) is 2.28. The molecule has 0 saturated carbocycles. The van der Waals surface area contributed by atoms with E-state index in [4.69, 9.17) is 0 Å². The molecule has 0 aliphatic heterocycles. The summed E-state index contributed by atoms with van der Waals surface area (Å²) in [5.41, 5.74) is 4.46. The van der Waals surface area contributed by atoms with Crippen LogP contribution < -0.4 is 5.32 Å². The van der Waals surface area contributed by atoms with Crippen LogP contribution in [0.4, 0.5) is 0 Å². The van der Waals surface area contributed by atoms with E-state index < -0.39 is 0 Å². The maximum atomic E-state index is 3.68. The molecule has 1 aromatic heterocycles. The lowest BCUT2D eigenvalue weighted by molar-refractivity contribution is 0.535. The number of rotatable bonds is 3. The summed E-state index contributed by atoms with van der Waals surface area (Å²) in [6.45, 7) is 3.21. The minimum Gasteiger partial charge on any atom is -0.308 e. The van der Waals surface area contributed by atoms with Crippen LogP contribution in [0.3, 0.4) is 0 Å². The Hall–Kier alpha value is -1.12. The second-order valence-electron chi connectivity index (χ2n) is 4.78. The Labute approximate surface area is 106 Å². The highest BCUT2D eigenvalue weighted by molar-refractivity contribution is 7.10. The van der Waals surface area contributed by atoms with Crippen molar-refractivity contribution in [3.8, 4) is 0 Å². The maximum absolute atomic E-state index is 3.68. The molecule has 1 heterocycles. The van der Waals surface area contributed by atoms with Crippen LogP contribution in [-0.4, -0.2) is 6.04 Å². The Balaban J connectivity index is 1.61. The number of nitrogens with one attached hydrogen (secondary N) is 1. The van der Waals surface area contributed by atoms with E-state index in [0.717, 1.165) is 6.54 Å². The van der Waals surface area contributed by atoms with Gasteiger partial charge in [0, 0.05) is 17.5 Å². The number of hydrogen-bond acceptors (Lipinski definition) is 2. The molecular weight excluding hydrogens is 226 g/mol. The summed E-state index contributed by atoms with van der Waals surface area (Å²) >= 11 is 1.85. The monoisotopic (exact) mass is 243 g/mol. The minimum absolute atomic E-state index is 0.619. The van der Waals surface area contributed by atoms with Crippen molar-refractivity contribution in [3.63, 3.8) is 0 Å². The predicted molar refractivity (Wildman–Crippen MR) is 73.5 cm³/mol. The van der Waals surface area contributed by atoms with E-state index in [1.807, 2.05) is 11.3 Å². The number of thiophene rings is 1. The first-order chi connectivity index (χ1) is 8.33. The van der Waals surface area contributed by atoms with Gasteiger partial charge in [-0.25, -0.2) is 0 Å². The van der Waals surface area contributed by atoms with E-state index in [1.54, 1.807) is 0 Å². The fraction of sp³-hybridized carbons (Fsp3) is 0.333. The van der Waals surface area contributed by atoms with Crippen molar-refractivity contribution in [2.24, 2.45) is 0 Å². The number of benzene rings is 1. The molecule has 0 saturated heterocycles. The Morgan fingerprint density at radius 3 is 2.47 bits per heavy atom. The van der Waals surface area contributed by atoms with Crippen molar-refractivity contribution < 1.29 is 0 Å². The van der Waals surface area contributed by atoms with Crippen LogP contribution >= 0.6 is 11.3 Å². The van der Waals surface area contributed by atoms with E-state index in [0.29, 0.717) is 6.04 Å². The lowest BCUT2D eigenvalue weighted by Gasteiger charge is -2.11. The van der Waals surface area contributed by atoms with Gasteiger partial charge in [-0.3, -0.25) is 0 Å². The average Bonchev–Trinajstić information content (AvgIpc) is 2.92. The number of fused-ring (bicyclic) bond motifs is 1. The Morgan fingerprint density at radius 1 is 1.18 bits per heavy atom. The summed E-state index contributed by atoms with van der Waals surface area (Å²) in [5.74, 6) is 0.